The van der Waals surface area contributed by atoms with Gasteiger partial charge in [-0.2, -0.15) is 0 Å². The summed E-state index contributed by atoms with van der Waals surface area (Å²) in [6.45, 7) is 16.2. The maximum Gasteiger partial charge on any atom is 0.186 e. The van der Waals surface area contributed by atoms with Gasteiger partial charge in [0, 0.05) is 5.92 Å². The van der Waals surface area contributed by atoms with Crippen molar-refractivity contribution in [3.05, 3.63) is 0 Å². The van der Waals surface area contributed by atoms with Gasteiger partial charge in [-0.05, 0) is 110 Å². The summed E-state index contributed by atoms with van der Waals surface area (Å²) >= 11 is 0. The molecule has 5 aliphatic carbocycles. The minimum Gasteiger partial charge on any atom is -0.394 e. The molecule has 8 N–H and O–H groups in total. The molecule has 0 radical (unpaired) electrons. The lowest BCUT2D eigenvalue weighted by atomic mass is 9.31. The summed E-state index contributed by atoms with van der Waals surface area (Å²) in [6, 6.07) is 0. The Kier molecular flexibility index (Phi) is 8.32. The van der Waals surface area contributed by atoms with E-state index in [4.69, 9.17) is 9.47 Å². The Hall–Kier alpha value is -0.400. The minimum atomic E-state index is -1.61. The fourth-order valence-electron chi connectivity index (χ4n) is 13.5. The van der Waals surface area contributed by atoms with E-state index in [1.54, 1.807) is 13.8 Å². The zero-order valence-electron chi connectivity index (χ0n) is 29.2. The number of fused-ring (bicyclic) bond motifs is 7. The average Bonchev–Trinajstić information content (AvgIpc) is 3.24. The van der Waals surface area contributed by atoms with Gasteiger partial charge in [-0.1, -0.05) is 41.5 Å². The molecular weight excluding hydrogens is 592 g/mol. The fourth-order valence-corrected chi connectivity index (χ4v) is 13.5. The highest BCUT2D eigenvalue weighted by molar-refractivity contribution is 5.26. The van der Waals surface area contributed by atoms with Crippen LogP contribution in [0.3, 0.4) is 0 Å². The molecule has 1 heterocycles. The third kappa shape index (κ3) is 4.43. The molecule has 266 valence electrons. The van der Waals surface area contributed by atoms with Crippen LogP contribution in [0.25, 0.3) is 0 Å². The van der Waals surface area contributed by atoms with Crippen molar-refractivity contribution in [3.63, 3.8) is 0 Å². The van der Waals surface area contributed by atoms with E-state index in [1.165, 1.54) is 0 Å². The minimum absolute atomic E-state index is 0.0976. The van der Waals surface area contributed by atoms with Gasteiger partial charge in [0.1, 0.15) is 24.4 Å². The molecule has 6 fully saturated rings. The van der Waals surface area contributed by atoms with Gasteiger partial charge in [-0.25, -0.2) is 0 Å². The molecule has 6 aliphatic rings. The topological polar surface area (TPSA) is 180 Å². The van der Waals surface area contributed by atoms with Crippen LogP contribution >= 0.6 is 0 Å². The van der Waals surface area contributed by atoms with Crippen molar-refractivity contribution in [1.82, 2.24) is 0 Å². The Labute approximate surface area is 274 Å². The fraction of sp³-hybridized carbons (Fsp3) is 1.00. The molecule has 0 amide bonds. The van der Waals surface area contributed by atoms with Crippen LogP contribution in [0, 0.1) is 50.7 Å². The second-order valence-corrected chi connectivity index (χ2v) is 18.7. The first-order valence-electron chi connectivity index (χ1n) is 17.8. The zero-order valence-corrected chi connectivity index (χ0v) is 29.2. The number of ether oxygens (including phenoxy) is 2. The molecule has 46 heavy (non-hydrogen) atoms. The molecule has 0 aromatic rings. The molecule has 0 spiro atoms. The first-order chi connectivity index (χ1) is 21.0. The molecule has 1 aliphatic heterocycles. The Morgan fingerprint density at radius 1 is 0.761 bits per heavy atom. The van der Waals surface area contributed by atoms with E-state index in [2.05, 4.69) is 41.5 Å². The van der Waals surface area contributed by atoms with Crippen LogP contribution in [0.1, 0.15) is 107 Å². The molecule has 17 atom stereocenters. The van der Waals surface area contributed by atoms with Crippen molar-refractivity contribution < 1.29 is 50.3 Å². The molecule has 17 unspecified atom stereocenters. The number of hydrogen-bond donors (Lipinski definition) is 8. The van der Waals surface area contributed by atoms with E-state index in [0.717, 1.165) is 25.7 Å². The first-order valence-corrected chi connectivity index (χ1v) is 17.8. The highest BCUT2D eigenvalue weighted by Crippen LogP contribution is 2.78. The predicted octanol–water partition coefficient (Wildman–Crippen LogP) is 2.10. The highest BCUT2D eigenvalue weighted by atomic mass is 16.7. The second-order valence-electron chi connectivity index (χ2n) is 18.7. The maximum absolute atomic E-state index is 12.4. The molecule has 0 bridgehead atoms. The van der Waals surface area contributed by atoms with Crippen LogP contribution in [0.2, 0.25) is 0 Å². The molecule has 1 saturated heterocycles. The molecule has 6 rings (SSSR count). The van der Waals surface area contributed by atoms with Gasteiger partial charge in [0.25, 0.3) is 0 Å². The third-order valence-corrected chi connectivity index (χ3v) is 16.1. The Morgan fingerprint density at radius 2 is 1.41 bits per heavy atom. The van der Waals surface area contributed by atoms with Crippen molar-refractivity contribution in [2.24, 2.45) is 50.7 Å². The van der Waals surface area contributed by atoms with E-state index in [-0.39, 0.29) is 34.2 Å². The van der Waals surface area contributed by atoms with E-state index in [9.17, 15) is 40.9 Å². The third-order valence-electron chi connectivity index (χ3n) is 16.1. The molecular formula is C36H62O10. The quantitative estimate of drug-likeness (QED) is 0.209. The van der Waals surface area contributed by atoms with Crippen molar-refractivity contribution in [3.8, 4) is 0 Å². The summed E-state index contributed by atoms with van der Waals surface area (Å²) in [7, 11) is 0. The van der Waals surface area contributed by atoms with E-state index < -0.39 is 77.5 Å². The van der Waals surface area contributed by atoms with Crippen LogP contribution in [-0.2, 0) is 9.47 Å². The number of aliphatic hydroxyl groups excluding tert-OH is 6. The van der Waals surface area contributed by atoms with Crippen LogP contribution < -0.4 is 0 Å². The maximum atomic E-state index is 12.4. The van der Waals surface area contributed by atoms with E-state index in [1.807, 2.05) is 0 Å². The molecule has 0 aromatic carbocycles. The SMILES string of the molecule is CC1(C)C(O)CCC2(C)C1CCC1(C)C2CC(O)C2C3(C)CCC(O)(C(C)(C)O)C3C(OC3OC(CO)C(O)C(O)C3O)CC21C. The van der Waals surface area contributed by atoms with Crippen LogP contribution in [0.5, 0.6) is 0 Å². The van der Waals surface area contributed by atoms with Crippen molar-refractivity contribution >= 4 is 0 Å². The summed E-state index contributed by atoms with van der Waals surface area (Å²) in [5.41, 5.74) is -4.81. The summed E-state index contributed by atoms with van der Waals surface area (Å²) in [5, 5.41) is 89.4. The Morgan fingerprint density at radius 3 is 2.02 bits per heavy atom. The lowest BCUT2D eigenvalue weighted by Gasteiger charge is -2.75. The molecule has 10 heteroatoms. The van der Waals surface area contributed by atoms with Gasteiger partial charge < -0.3 is 50.3 Å². The molecule has 5 saturated carbocycles. The summed E-state index contributed by atoms with van der Waals surface area (Å²) in [6.07, 6.45) is -3.63. The number of aliphatic hydroxyl groups is 8. The Balaban J connectivity index is 1.45. The number of rotatable bonds is 4. The van der Waals surface area contributed by atoms with Gasteiger partial charge >= 0.3 is 0 Å². The van der Waals surface area contributed by atoms with Gasteiger partial charge in [-0.15, -0.1) is 0 Å². The summed E-state index contributed by atoms with van der Waals surface area (Å²) in [5.74, 6) is -0.381. The first kappa shape index (κ1) is 35.4. The van der Waals surface area contributed by atoms with Crippen LogP contribution in [0.4, 0.5) is 0 Å². The Bertz CT molecular complexity index is 1170. The monoisotopic (exact) mass is 654 g/mol. The average molecular weight is 655 g/mol. The smallest absolute Gasteiger partial charge is 0.186 e. The standard InChI is InChI=1S/C36H62O10/c1-30(2)21-9-12-34(7)22(32(21,5)11-10-23(30)39)15-18(38)27-33(6)13-14-36(44,31(3,4)43)28(33)19(16-35(27,34)8)45-29-26(42)25(41)24(40)20(17-37)46-29/h18-29,37-44H,9-17H2,1-8H3. The van der Waals surface area contributed by atoms with Gasteiger partial charge in [0.2, 0.25) is 0 Å². The summed E-state index contributed by atoms with van der Waals surface area (Å²) < 4.78 is 12.5. The normalized spacial score (nSPS) is 58.4. The lowest BCUT2D eigenvalue weighted by Crippen LogP contribution is -2.73. The van der Waals surface area contributed by atoms with Crippen LogP contribution in [-0.4, -0.2) is 108 Å². The van der Waals surface area contributed by atoms with E-state index in [0.29, 0.717) is 31.6 Å². The highest BCUT2D eigenvalue weighted by Gasteiger charge is 2.77. The van der Waals surface area contributed by atoms with Crippen molar-refractivity contribution in [2.45, 2.75) is 167 Å². The predicted molar refractivity (Wildman–Crippen MR) is 169 cm³/mol. The van der Waals surface area contributed by atoms with Crippen LogP contribution in [0.15, 0.2) is 0 Å². The number of hydrogen-bond acceptors (Lipinski definition) is 10. The van der Waals surface area contributed by atoms with E-state index >= 15 is 0 Å². The van der Waals surface area contributed by atoms with Gasteiger partial charge in [0.15, 0.2) is 6.29 Å². The summed E-state index contributed by atoms with van der Waals surface area (Å²) in [4.78, 5) is 0. The molecule has 0 aromatic heterocycles. The largest absolute Gasteiger partial charge is 0.394 e. The van der Waals surface area contributed by atoms with Crippen molar-refractivity contribution in [2.75, 3.05) is 6.61 Å². The second kappa shape index (κ2) is 10.8. The van der Waals surface area contributed by atoms with Gasteiger partial charge in [-0.3, -0.25) is 0 Å². The zero-order chi connectivity index (χ0) is 34.2. The van der Waals surface area contributed by atoms with Crippen molar-refractivity contribution in [1.29, 1.82) is 0 Å². The molecule has 10 nitrogen and oxygen atoms in total. The lowest BCUT2D eigenvalue weighted by molar-refractivity contribution is -0.351. The van der Waals surface area contributed by atoms with Gasteiger partial charge in [0.05, 0.1) is 36.1 Å².